The minimum absolute atomic E-state index is 0.489. The first-order valence-electron chi connectivity index (χ1n) is 7.59. The van der Waals surface area contributed by atoms with E-state index in [1.54, 1.807) is 0 Å². The molecule has 2 aromatic rings. The largest absolute Gasteiger partial charge is 0.369 e. The number of aromatic nitrogens is 2. The Morgan fingerprint density at radius 3 is 2.57 bits per heavy atom. The maximum absolute atomic E-state index is 6.15. The van der Waals surface area contributed by atoms with Gasteiger partial charge in [0.25, 0.3) is 0 Å². The summed E-state index contributed by atoms with van der Waals surface area (Å²) >= 11 is 6.15. The van der Waals surface area contributed by atoms with E-state index >= 15 is 0 Å². The first-order valence-corrected chi connectivity index (χ1v) is 7.97. The summed E-state index contributed by atoms with van der Waals surface area (Å²) in [5, 5.41) is 3.97. The fourth-order valence-corrected chi connectivity index (χ4v) is 3.26. The third-order valence-electron chi connectivity index (χ3n) is 4.68. The van der Waals surface area contributed by atoms with Gasteiger partial charge in [-0.2, -0.15) is 0 Å². The fourth-order valence-electron chi connectivity index (χ4n) is 3.08. The molecule has 0 spiro atoms. The molecule has 1 aromatic heterocycles. The quantitative estimate of drug-likeness (QED) is 0.832. The molecule has 2 aliphatic rings. The molecule has 4 rings (SSSR count). The van der Waals surface area contributed by atoms with Crippen molar-refractivity contribution in [2.45, 2.75) is 25.7 Å². The van der Waals surface area contributed by atoms with Crippen LogP contribution in [-0.4, -0.2) is 16.5 Å². The van der Waals surface area contributed by atoms with E-state index in [1.165, 1.54) is 25.7 Å². The molecule has 0 bridgehead atoms. The van der Waals surface area contributed by atoms with E-state index in [9.17, 15) is 0 Å². The van der Waals surface area contributed by atoms with Crippen molar-refractivity contribution in [2.75, 3.05) is 11.9 Å². The number of benzene rings is 1. The van der Waals surface area contributed by atoms with Crippen molar-refractivity contribution in [3.63, 3.8) is 0 Å². The average Bonchev–Trinajstić information content (AvgIpc) is 3.38. The number of anilines is 1. The van der Waals surface area contributed by atoms with E-state index in [1.807, 2.05) is 36.4 Å². The topological polar surface area (TPSA) is 37.8 Å². The monoisotopic (exact) mass is 299 g/mol. The third kappa shape index (κ3) is 2.75. The Labute approximate surface area is 129 Å². The van der Waals surface area contributed by atoms with Crippen LogP contribution >= 0.6 is 11.6 Å². The summed E-state index contributed by atoms with van der Waals surface area (Å²) in [6, 6.07) is 11.8. The van der Waals surface area contributed by atoms with E-state index < -0.39 is 0 Å². The van der Waals surface area contributed by atoms with Crippen LogP contribution in [0.1, 0.15) is 25.7 Å². The summed E-state index contributed by atoms with van der Waals surface area (Å²) in [7, 11) is 0. The van der Waals surface area contributed by atoms with Crippen LogP contribution in [0.25, 0.3) is 11.4 Å². The zero-order valence-electron chi connectivity index (χ0n) is 11.8. The highest BCUT2D eigenvalue weighted by Crippen LogP contribution is 2.61. The fraction of sp³-hybridized carbons (Fsp3) is 0.412. The predicted octanol–water partition coefficient (Wildman–Crippen LogP) is 4.40. The van der Waals surface area contributed by atoms with Crippen LogP contribution in [0.15, 0.2) is 36.4 Å². The van der Waals surface area contributed by atoms with Gasteiger partial charge in [0.1, 0.15) is 11.0 Å². The molecule has 0 aliphatic heterocycles. The van der Waals surface area contributed by atoms with Crippen molar-refractivity contribution in [3.8, 4) is 11.4 Å². The molecule has 1 N–H and O–H groups in total. The molecule has 0 saturated heterocycles. The number of hydrogen-bond donors (Lipinski definition) is 1. The molecule has 0 unspecified atom stereocenters. The first-order chi connectivity index (χ1) is 10.3. The Morgan fingerprint density at radius 1 is 1.14 bits per heavy atom. The van der Waals surface area contributed by atoms with Crippen LogP contribution < -0.4 is 5.32 Å². The van der Waals surface area contributed by atoms with Crippen molar-refractivity contribution in [2.24, 2.45) is 11.3 Å². The van der Waals surface area contributed by atoms with E-state index in [0.29, 0.717) is 16.4 Å². The number of hydrogen-bond acceptors (Lipinski definition) is 3. The second kappa shape index (κ2) is 4.99. The summed E-state index contributed by atoms with van der Waals surface area (Å²) < 4.78 is 0. The molecule has 1 heterocycles. The summed E-state index contributed by atoms with van der Waals surface area (Å²) in [6.45, 7) is 1.01. The minimum Gasteiger partial charge on any atom is -0.369 e. The van der Waals surface area contributed by atoms with Crippen molar-refractivity contribution in [1.82, 2.24) is 9.97 Å². The van der Waals surface area contributed by atoms with Crippen molar-refractivity contribution in [1.29, 1.82) is 0 Å². The highest BCUT2D eigenvalue weighted by atomic mass is 35.5. The molecular formula is C17H18ClN3. The lowest BCUT2D eigenvalue weighted by molar-refractivity contribution is 0.466. The summed E-state index contributed by atoms with van der Waals surface area (Å²) in [4.78, 5) is 8.93. The predicted molar refractivity (Wildman–Crippen MR) is 85.4 cm³/mol. The van der Waals surface area contributed by atoms with Gasteiger partial charge in [0.05, 0.1) is 0 Å². The number of rotatable bonds is 5. The standard InChI is InChI=1S/C17H18ClN3/c18-14-10-15(19-11-17(8-9-17)13-6-7-13)21-16(20-14)12-4-2-1-3-5-12/h1-5,10,13H,6-9,11H2,(H,19,20,21). The molecule has 1 aromatic carbocycles. The van der Waals surface area contributed by atoms with E-state index in [4.69, 9.17) is 11.6 Å². The maximum Gasteiger partial charge on any atom is 0.163 e. The van der Waals surface area contributed by atoms with Gasteiger partial charge in [-0.05, 0) is 37.0 Å². The first kappa shape index (κ1) is 13.1. The van der Waals surface area contributed by atoms with Gasteiger partial charge in [0.2, 0.25) is 0 Å². The van der Waals surface area contributed by atoms with Crippen LogP contribution in [0.5, 0.6) is 0 Å². The number of nitrogens with one attached hydrogen (secondary N) is 1. The summed E-state index contributed by atoms with van der Waals surface area (Å²) in [6.07, 6.45) is 5.52. The lowest BCUT2D eigenvalue weighted by Gasteiger charge is -2.16. The van der Waals surface area contributed by atoms with Gasteiger partial charge < -0.3 is 5.32 Å². The van der Waals surface area contributed by atoms with Gasteiger partial charge >= 0.3 is 0 Å². The Hall–Kier alpha value is -1.61. The van der Waals surface area contributed by atoms with E-state index in [2.05, 4.69) is 15.3 Å². The smallest absolute Gasteiger partial charge is 0.163 e. The molecular weight excluding hydrogens is 282 g/mol. The lowest BCUT2D eigenvalue weighted by atomic mass is 10.0. The second-order valence-electron chi connectivity index (χ2n) is 6.26. The highest BCUT2D eigenvalue weighted by Gasteiger charge is 2.53. The van der Waals surface area contributed by atoms with Crippen LogP contribution in [-0.2, 0) is 0 Å². The minimum atomic E-state index is 0.489. The molecule has 4 heteroatoms. The van der Waals surface area contributed by atoms with E-state index in [0.717, 1.165) is 23.8 Å². The Kier molecular flexibility index (Phi) is 3.11. The Morgan fingerprint density at radius 2 is 1.90 bits per heavy atom. The van der Waals surface area contributed by atoms with Crippen molar-refractivity contribution < 1.29 is 0 Å². The van der Waals surface area contributed by atoms with Crippen LogP contribution in [0.2, 0.25) is 5.15 Å². The van der Waals surface area contributed by atoms with Gasteiger partial charge in [0.15, 0.2) is 5.82 Å². The lowest BCUT2D eigenvalue weighted by Crippen LogP contribution is -2.18. The summed E-state index contributed by atoms with van der Waals surface area (Å²) in [5.74, 6) is 2.46. The van der Waals surface area contributed by atoms with Crippen LogP contribution in [0, 0.1) is 11.3 Å². The normalized spacial score (nSPS) is 19.3. The molecule has 0 radical (unpaired) electrons. The second-order valence-corrected chi connectivity index (χ2v) is 6.64. The molecule has 0 amide bonds. The van der Waals surface area contributed by atoms with Gasteiger partial charge in [0, 0.05) is 18.2 Å². The molecule has 108 valence electrons. The average molecular weight is 300 g/mol. The molecule has 21 heavy (non-hydrogen) atoms. The highest BCUT2D eigenvalue weighted by molar-refractivity contribution is 6.29. The zero-order valence-corrected chi connectivity index (χ0v) is 12.6. The van der Waals surface area contributed by atoms with Crippen molar-refractivity contribution in [3.05, 3.63) is 41.6 Å². The molecule has 2 fully saturated rings. The van der Waals surface area contributed by atoms with Gasteiger partial charge in [-0.25, -0.2) is 9.97 Å². The molecule has 2 saturated carbocycles. The van der Waals surface area contributed by atoms with Crippen LogP contribution in [0.4, 0.5) is 5.82 Å². The zero-order chi connectivity index (χ0) is 14.3. The molecule has 3 nitrogen and oxygen atoms in total. The molecule has 0 atom stereocenters. The van der Waals surface area contributed by atoms with Gasteiger partial charge in [-0.15, -0.1) is 0 Å². The van der Waals surface area contributed by atoms with Crippen LogP contribution in [0.3, 0.4) is 0 Å². The summed E-state index contributed by atoms with van der Waals surface area (Å²) in [5.41, 5.74) is 1.54. The van der Waals surface area contributed by atoms with Crippen molar-refractivity contribution >= 4 is 17.4 Å². The third-order valence-corrected chi connectivity index (χ3v) is 4.88. The van der Waals surface area contributed by atoms with E-state index in [-0.39, 0.29) is 0 Å². The Balaban J connectivity index is 1.54. The molecule has 2 aliphatic carbocycles. The maximum atomic E-state index is 6.15. The number of halogens is 1. The van der Waals surface area contributed by atoms with Gasteiger partial charge in [-0.3, -0.25) is 0 Å². The Bertz CT molecular complexity index is 648. The number of nitrogens with zero attached hydrogens (tertiary/aromatic N) is 2. The van der Waals surface area contributed by atoms with Gasteiger partial charge in [-0.1, -0.05) is 41.9 Å². The SMILES string of the molecule is Clc1cc(NCC2(C3CC3)CC2)nc(-c2ccccc2)n1.